The molecule has 150 valence electrons. The van der Waals surface area contributed by atoms with Crippen molar-refractivity contribution in [3.05, 3.63) is 58.1 Å². The number of hydrogen-bond donors (Lipinski definition) is 3. The number of ether oxygens (including phenoxy) is 1. The van der Waals surface area contributed by atoms with Crippen molar-refractivity contribution in [2.75, 3.05) is 6.35 Å². The maximum atomic E-state index is 11.2. The summed E-state index contributed by atoms with van der Waals surface area (Å²) in [7, 11) is -4.20. The van der Waals surface area contributed by atoms with Crippen LogP contribution >= 0.6 is 7.60 Å². The highest BCUT2D eigenvalue weighted by atomic mass is 31.2. The Morgan fingerprint density at radius 3 is 2.54 bits per heavy atom. The summed E-state index contributed by atoms with van der Waals surface area (Å²) in [6.07, 6.45) is 3.63. The molecule has 0 spiro atoms. The largest absolute Gasteiger partial charge is 0.508 e. The van der Waals surface area contributed by atoms with Gasteiger partial charge in [-0.3, -0.25) is 4.57 Å². The molecule has 0 amide bonds. The van der Waals surface area contributed by atoms with Crippen LogP contribution in [0.1, 0.15) is 78.7 Å². The summed E-state index contributed by atoms with van der Waals surface area (Å²) in [5, 5.41) is 10.2. The van der Waals surface area contributed by atoms with Crippen LogP contribution in [0.25, 0.3) is 0 Å². The Kier molecular flexibility index (Phi) is 5.03. The summed E-state index contributed by atoms with van der Waals surface area (Å²) in [4.78, 5) is 18.2. The maximum Gasteiger partial charge on any atom is 0.362 e. The second kappa shape index (κ2) is 7.22. The molecule has 1 fully saturated rings. The molecule has 1 atom stereocenters. The molecule has 3 N–H and O–H groups in total. The number of aryl methyl sites for hydroxylation is 1. The van der Waals surface area contributed by atoms with Gasteiger partial charge in [0.1, 0.15) is 11.5 Å². The normalized spacial score (nSPS) is 19.1. The van der Waals surface area contributed by atoms with Gasteiger partial charge in [0, 0.05) is 5.92 Å². The average Bonchev–Trinajstić information content (AvgIpc) is 3.38. The minimum atomic E-state index is -4.20. The van der Waals surface area contributed by atoms with Gasteiger partial charge in [-0.2, -0.15) is 0 Å². The average molecular weight is 402 g/mol. The number of hydrogen-bond acceptors (Lipinski definition) is 3. The second-order valence-corrected chi connectivity index (χ2v) is 9.95. The van der Waals surface area contributed by atoms with Crippen molar-refractivity contribution in [3.8, 4) is 11.5 Å². The number of fused-ring (bicyclic) bond motifs is 1. The van der Waals surface area contributed by atoms with Gasteiger partial charge in [0.15, 0.2) is 6.35 Å². The SMILES string of the molecule is CC(C)c1cc([C@H]2CCc3cc(OCP(=O)(O)O)cc(C4CC4)c32)ccc1O. The second-order valence-electron chi connectivity index (χ2n) is 8.36. The van der Waals surface area contributed by atoms with Crippen LogP contribution in [0, 0.1) is 0 Å². The van der Waals surface area contributed by atoms with Crippen molar-refractivity contribution < 1.29 is 24.2 Å². The molecule has 0 aromatic heterocycles. The van der Waals surface area contributed by atoms with E-state index < -0.39 is 13.9 Å². The molecule has 28 heavy (non-hydrogen) atoms. The van der Waals surface area contributed by atoms with E-state index in [1.165, 1.54) is 22.3 Å². The number of benzene rings is 2. The summed E-state index contributed by atoms with van der Waals surface area (Å²) in [5.74, 6) is 1.96. The third-order valence-corrected chi connectivity index (χ3v) is 6.28. The Labute approximate surface area is 165 Å². The lowest BCUT2D eigenvalue weighted by Crippen LogP contribution is -2.04. The highest BCUT2D eigenvalue weighted by Crippen LogP contribution is 2.51. The van der Waals surface area contributed by atoms with Crippen LogP contribution in [0.3, 0.4) is 0 Å². The van der Waals surface area contributed by atoms with Gasteiger partial charge in [0.25, 0.3) is 0 Å². The molecule has 0 aliphatic heterocycles. The van der Waals surface area contributed by atoms with Crippen LogP contribution in [-0.2, 0) is 11.0 Å². The zero-order chi connectivity index (χ0) is 20.1. The molecule has 4 rings (SSSR count). The van der Waals surface area contributed by atoms with Gasteiger partial charge in [0.2, 0.25) is 0 Å². The van der Waals surface area contributed by atoms with E-state index in [2.05, 4.69) is 19.9 Å². The molecule has 1 saturated carbocycles. The van der Waals surface area contributed by atoms with E-state index in [1.54, 1.807) is 6.07 Å². The number of phenolic OH excluding ortho intramolecular Hbond substituents is 1. The summed E-state index contributed by atoms with van der Waals surface area (Å²) >= 11 is 0. The predicted octanol–water partition coefficient (Wildman–Crippen LogP) is 4.99. The Balaban J connectivity index is 1.71. The van der Waals surface area contributed by atoms with Gasteiger partial charge in [-0.25, -0.2) is 0 Å². The standard InChI is InChI=1S/C22H27O5P/c1-13(2)19-10-15(6-8-21(19)23)18-7-5-16-9-17(27-12-28(24,25)26)11-20(22(16)18)14-3-4-14/h6,8-11,13-14,18,23H,3-5,7,12H2,1-2H3,(H2,24,25,26)/t18-/m1/s1. The highest BCUT2D eigenvalue weighted by Gasteiger charge is 2.34. The van der Waals surface area contributed by atoms with Crippen molar-refractivity contribution in [3.63, 3.8) is 0 Å². The van der Waals surface area contributed by atoms with Crippen LogP contribution in [-0.4, -0.2) is 21.2 Å². The van der Waals surface area contributed by atoms with E-state index in [-0.39, 0.29) is 5.92 Å². The Hall–Kier alpha value is -1.81. The predicted molar refractivity (Wildman–Crippen MR) is 108 cm³/mol. The smallest absolute Gasteiger partial charge is 0.362 e. The summed E-state index contributed by atoms with van der Waals surface area (Å²) in [5.41, 5.74) is 6.03. The third kappa shape index (κ3) is 3.98. The minimum absolute atomic E-state index is 0.257. The van der Waals surface area contributed by atoms with Crippen LogP contribution in [0.4, 0.5) is 0 Å². The minimum Gasteiger partial charge on any atom is -0.508 e. The molecule has 2 aliphatic carbocycles. The van der Waals surface area contributed by atoms with Crippen LogP contribution < -0.4 is 4.74 Å². The maximum absolute atomic E-state index is 11.2. The van der Waals surface area contributed by atoms with Crippen molar-refractivity contribution in [1.29, 1.82) is 0 Å². The van der Waals surface area contributed by atoms with E-state index in [1.807, 2.05) is 18.2 Å². The lowest BCUT2D eigenvalue weighted by molar-refractivity contribution is 0.300. The zero-order valence-corrected chi connectivity index (χ0v) is 17.2. The van der Waals surface area contributed by atoms with Crippen molar-refractivity contribution in [2.24, 2.45) is 0 Å². The number of rotatable bonds is 6. The van der Waals surface area contributed by atoms with E-state index in [4.69, 9.17) is 14.5 Å². The lowest BCUT2D eigenvalue weighted by Gasteiger charge is -2.20. The van der Waals surface area contributed by atoms with Gasteiger partial charge in [-0.05, 0) is 83.5 Å². The van der Waals surface area contributed by atoms with Crippen LogP contribution in [0.2, 0.25) is 0 Å². The van der Waals surface area contributed by atoms with Crippen LogP contribution in [0.5, 0.6) is 11.5 Å². The molecule has 2 aromatic carbocycles. The molecular weight excluding hydrogens is 375 g/mol. The third-order valence-electron chi connectivity index (χ3n) is 5.81. The Morgan fingerprint density at radius 2 is 1.89 bits per heavy atom. The monoisotopic (exact) mass is 402 g/mol. The van der Waals surface area contributed by atoms with Crippen molar-refractivity contribution in [2.45, 2.75) is 57.3 Å². The van der Waals surface area contributed by atoms with Gasteiger partial charge in [0.05, 0.1) is 0 Å². The molecule has 6 heteroatoms. The molecule has 0 saturated heterocycles. The first-order valence-corrected chi connectivity index (χ1v) is 11.7. The highest BCUT2D eigenvalue weighted by molar-refractivity contribution is 7.51. The quantitative estimate of drug-likeness (QED) is 0.593. The van der Waals surface area contributed by atoms with Gasteiger partial charge in [-0.1, -0.05) is 26.0 Å². The van der Waals surface area contributed by atoms with Crippen molar-refractivity contribution in [1.82, 2.24) is 0 Å². The first-order valence-electron chi connectivity index (χ1n) is 9.90. The first-order chi connectivity index (χ1) is 13.2. The molecule has 0 bridgehead atoms. The van der Waals surface area contributed by atoms with E-state index in [0.29, 0.717) is 23.3 Å². The summed E-state index contributed by atoms with van der Waals surface area (Å²) in [6.45, 7) is 4.17. The topological polar surface area (TPSA) is 87.0 Å². The first kappa shape index (κ1) is 19.5. The fourth-order valence-electron chi connectivity index (χ4n) is 4.34. The number of phenols is 1. The molecular formula is C22H27O5P. The molecule has 2 aliphatic rings. The molecule has 2 aromatic rings. The van der Waals surface area contributed by atoms with Crippen LogP contribution in [0.15, 0.2) is 30.3 Å². The summed E-state index contributed by atoms with van der Waals surface area (Å²) < 4.78 is 16.6. The molecule has 5 nitrogen and oxygen atoms in total. The molecule has 0 radical (unpaired) electrons. The Bertz CT molecular complexity index is 942. The number of aromatic hydroxyl groups is 1. The molecule has 0 unspecified atom stereocenters. The van der Waals surface area contributed by atoms with E-state index >= 15 is 0 Å². The van der Waals surface area contributed by atoms with Crippen molar-refractivity contribution >= 4 is 7.60 Å². The van der Waals surface area contributed by atoms with E-state index in [0.717, 1.165) is 31.2 Å². The fraction of sp³-hybridized carbons (Fsp3) is 0.455. The van der Waals surface area contributed by atoms with Gasteiger partial charge >= 0.3 is 7.60 Å². The molecule has 0 heterocycles. The van der Waals surface area contributed by atoms with Gasteiger partial charge in [-0.15, -0.1) is 0 Å². The Morgan fingerprint density at radius 1 is 1.14 bits per heavy atom. The van der Waals surface area contributed by atoms with Gasteiger partial charge < -0.3 is 19.6 Å². The fourth-order valence-corrected chi connectivity index (χ4v) is 4.66. The zero-order valence-electron chi connectivity index (χ0n) is 16.3. The summed E-state index contributed by atoms with van der Waals surface area (Å²) in [6, 6.07) is 9.89. The van der Waals surface area contributed by atoms with E-state index in [9.17, 15) is 9.67 Å². The lowest BCUT2D eigenvalue weighted by atomic mass is 9.86.